The first-order valence-electron chi connectivity index (χ1n) is 3.86. The van der Waals surface area contributed by atoms with Gasteiger partial charge in [-0.2, -0.15) is 8.78 Å². The number of benzene rings is 1. The summed E-state index contributed by atoms with van der Waals surface area (Å²) in [6.07, 6.45) is 0. The van der Waals surface area contributed by atoms with Gasteiger partial charge >= 0.3 is 6.61 Å². The Kier molecular flexibility index (Phi) is 3.88. The van der Waals surface area contributed by atoms with Crippen molar-refractivity contribution in [3.8, 4) is 5.75 Å². The standard InChI is InChI=1S/C9H6Cl2F2O2/c1-4(14)6-2-5(10)3-7(11)8(6)15-9(12)13/h2-3,9H,1H3. The van der Waals surface area contributed by atoms with Crippen molar-refractivity contribution in [3.63, 3.8) is 0 Å². The number of rotatable bonds is 3. The average Bonchev–Trinajstić information content (AvgIpc) is 2.08. The van der Waals surface area contributed by atoms with Gasteiger partial charge in [0.2, 0.25) is 0 Å². The van der Waals surface area contributed by atoms with Crippen LogP contribution in [0.15, 0.2) is 12.1 Å². The topological polar surface area (TPSA) is 26.3 Å². The van der Waals surface area contributed by atoms with Gasteiger partial charge in [0.25, 0.3) is 0 Å². The summed E-state index contributed by atoms with van der Waals surface area (Å²) in [5.41, 5.74) is -0.0622. The molecule has 6 heteroatoms. The first-order valence-corrected chi connectivity index (χ1v) is 4.62. The first-order chi connectivity index (χ1) is 6.91. The quantitative estimate of drug-likeness (QED) is 0.768. The zero-order chi connectivity index (χ0) is 11.6. The molecule has 1 rings (SSSR count). The lowest BCUT2D eigenvalue weighted by Crippen LogP contribution is -2.07. The van der Waals surface area contributed by atoms with Crippen LogP contribution >= 0.6 is 23.2 Å². The Morgan fingerprint density at radius 2 is 2.00 bits per heavy atom. The number of carbonyl (C=O) groups is 1. The fourth-order valence-electron chi connectivity index (χ4n) is 1.03. The molecule has 0 atom stereocenters. The van der Waals surface area contributed by atoms with Crippen LogP contribution in [0, 0.1) is 0 Å². The Morgan fingerprint density at radius 3 is 2.47 bits per heavy atom. The Labute approximate surface area is 94.7 Å². The maximum absolute atomic E-state index is 12.0. The third-order valence-electron chi connectivity index (χ3n) is 1.59. The number of hydrogen-bond donors (Lipinski definition) is 0. The molecule has 0 N–H and O–H groups in total. The van der Waals surface area contributed by atoms with Gasteiger partial charge in [0, 0.05) is 5.02 Å². The number of ether oxygens (including phenoxy) is 1. The van der Waals surface area contributed by atoms with Crippen molar-refractivity contribution in [3.05, 3.63) is 27.7 Å². The zero-order valence-corrected chi connectivity index (χ0v) is 9.07. The Morgan fingerprint density at radius 1 is 1.40 bits per heavy atom. The number of ketones is 1. The minimum absolute atomic E-state index is 0.0622. The fraction of sp³-hybridized carbons (Fsp3) is 0.222. The fourth-order valence-corrected chi connectivity index (χ4v) is 1.57. The maximum Gasteiger partial charge on any atom is 0.387 e. The summed E-state index contributed by atoms with van der Waals surface area (Å²) in [6.45, 7) is -1.83. The average molecular weight is 255 g/mol. The molecular formula is C9H6Cl2F2O2. The van der Waals surface area contributed by atoms with E-state index in [1.54, 1.807) is 0 Å². The molecule has 0 bridgehead atoms. The van der Waals surface area contributed by atoms with Gasteiger partial charge in [0.1, 0.15) is 0 Å². The minimum Gasteiger partial charge on any atom is -0.432 e. The summed E-state index contributed by atoms with van der Waals surface area (Å²) in [4.78, 5) is 11.1. The molecule has 0 spiro atoms. The summed E-state index contributed by atoms with van der Waals surface area (Å²) in [5.74, 6) is -0.793. The third-order valence-corrected chi connectivity index (χ3v) is 2.09. The number of Topliss-reactive ketones (excluding diaryl/α,β-unsaturated/α-hetero) is 1. The second-order valence-corrected chi connectivity index (χ2v) is 3.54. The van der Waals surface area contributed by atoms with Crippen molar-refractivity contribution in [2.24, 2.45) is 0 Å². The van der Waals surface area contributed by atoms with E-state index in [0.29, 0.717) is 0 Å². The van der Waals surface area contributed by atoms with Crippen molar-refractivity contribution < 1.29 is 18.3 Å². The maximum atomic E-state index is 12.0. The highest BCUT2D eigenvalue weighted by molar-refractivity contribution is 6.36. The normalized spacial score (nSPS) is 10.5. The first kappa shape index (κ1) is 12.2. The summed E-state index contributed by atoms with van der Waals surface area (Å²) in [7, 11) is 0. The summed E-state index contributed by atoms with van der Waals surface area (Å²) < 4.78 is 28.2. The molecule has 0 heterocycles. The molecule has 0 aliphatic carbocycles. The van der Waals surface area contributed by atoms with E-state index in [4.69, 9.17) is 23.2 Å². The predicted molar refractivity (Wildman–Crippen MR) is 53.1 cm³/mol. The second kappa shape index (κ2) is 4.77. The lowest BCUT2D eigenvalue weighted by molar-refractivity contribution is -0.0500. The van der Waals surface area contributed by atoms with Gasteiger partial charge in [0.05, 0.1) is 10.6 Å². The molecule has 0 unspecified atom stereocenters. The summed E-state index contributed by atoms with van der Waals surface area (Å²) in [5, 5.41) is 0.0693. The van der Waals surface area contributed by atoms with Gasteiger partial charge in [-0.25, -0.2) is 0 Å². The van der Waals surface area contributed by atoms with Crippen LogP contribution in [0.25, 0.3) is 0 Å². The molecule has 0 aliphatic heterocycles. The smallest absolute Gasteiger partial charge is 0.387 e. The van der Waals surface area contributed by atoms with Crippen LogP contribution in [-0.2, 0) is 0 Å². The van der Waals surface area contributed by atoms with Gasteiger partial charge in [-0.05, 0) is 19.1 Å². The molecule has 0 saturated carbocycles. The number of alkyl halides is 2. The highest BCUT2D eigenvalue weighted by atomic mass is 35.5. The van der Waals surface area contributed by atoms with Crippen molar-refractivity contribution >= 4 is 29.0 Å². The molecular weight excluding hydrogens is 249 g/mol. The largest absolute Gasteiger partial charge is 0.432 e. The van der Waals surface area contributed by atoms with E-state index in [9.17, 15) is 13.6 Å². The Bertz CT molecular complexity index is 394. The van der Waals surface area contributed by atoms with Gasteiger partial charge in [-0.1, -0.05) is 23.2 Å². The van der Waals surface area contributed by atoms with Crippen LogP contribution in [0.5, 0.6) is 5.75 Å². The zero-order valence-electron chi connectivity index (χ0n) is 7.56. The van der Waals surface area contributed by atoms with Crippen molar-refractivity contribution in [2.75, 3.05) is 0 Å². The Balaban J connectivity index is 3.27. The van der Waals surface area contributed by atoms with Gasteiger partial charge in [-0.15, -0.1) is 0 Å². The van der Waals surface area contributed by atoms with E-state index in [1.165, 1.54) is 19.1 Å². The van der Waals surface area contributed by atoms with Crippen LogP contribution in [0.2, 0.25) is 10.0 Å². The van der Waals surface area contributed by atoms with Crippen LogP contribution in [0.1, 0.15) is 17.3 Å². The van der Waals surface area contributed by atoms with Crippen LogP contribution < -0.4 is 4.74 Å². The van der Waals surface area contributed by atoms with Crippen molar-refractivity contribution in [1.82, 2.24) is 0 Å². The van der Waals surface area contributed by atoms with Gasteiger partial charge in [-0.3, -0.25) is 4.79 Å². The molecule has 0 saturated heterocycles. The molecule has 0 amide bonds. The molecule has 0 aliphatic rings. The van der Waals surface area contributed by atoms with Crippen molar-refractivity contribution in [1.29, 1.82) is 0 Å². The van der Waals surface area contributed by atoms with E-state index in [-0.39, 0.29) is 21.4 Å². The molecule has 0 radical (unpaired) electrons. The highest BCUT2D eigenvalue weighted by Crippen LogP contribution is 2.33. The number of carbonyl (C=O) groups excluding carboxylic acids is 1. The molecule has 1 aromatic rings. The molecule has 15 heavy (non-hydrogen) atoms. The second-order valence-electron chi connectivity index (χ2n) is 2.70. The molecule has 0 fully saturated rings. The van der Waals surface area contributed by atoms with Crippen molar-refractivity contribution in [2.45, 2.75) is 13.5 Å². The van der Waals surface area contributed by atoms with E-state index in [2.05, 4.69) is 4.74 Å². The SMILES string of the molecule is CC(=O)c1cc(Cl)cc(Cl)c1OC(F)F. The minimum atomic E-state index is -3.04. The van der Waals surface area contributed by atoms with E-state index in [1.807, 2.05) is 0 Å². The van der Waals surface area contributed by atoms with Crippen LogP contribution in [-0.4, -0.2) is 12.4 Å². The predicted octanol–water partition coefficient (Wildman–Crippen LogP) is 3.80. The molecule has 0 aromatic heterocycles. The molecule has 82 valence electrons. The van der Waals surface area contributed by atoms with Gasteiger partial charge in [0.15, 0.2) is 11.5 Å². The lowest BCUT2D eigenvalue weighted by atomic mass is 10.1. The van der Waals surface area contributed by atoms with E-state index in [0.717, 1.165) is 0 Å². The monoisotopic (exact) mass is 254 g/mol. The summed E-state index contributed by atoms with van der Waals surface area (Å²) >= 11 is 11.3. The van der Waals surface area contributed by atoms with Crippen LogP contribution in [0.3, 0.4) is 0 Å². The van der Waals surface area contributed by atoms with Gasteiger partial charge < -0.3 is 4.74 Å². The number of hydrogen-bond acceptors (Lipinski definition) is 2. The molecule has 1 aromatic carbocycles. The number of halogens is 4. The summed E-state index contributed by atoms with van der Waals surface area (Å²) in [6, 6.07) is 2.46. The van der Waals surface area contributed by atoms with E-state index < -0.39 is 12.4 Å². The third kappa shape index (κ3) is 3.04. The highest BCUT2D eigenvalue weighted by Gasteiger charge is 2.17. The lowest BCUT2D eigenvalue weighted by Gasteiger charge is -2.10. The molecule has 2 nitrogen and oxygen atoms in total. The Hall–Kier alpha value is -0.870. The van der Waals surface area contributed by atoms with E-state index >= 15 is 0 Å². The van der Waals surface area contributed by atoms with Crippen LogP contribution in [0.4, 0.5) is 8.78 Å².